The van der Waals surface area contributed by atoms with Crippen molar-refractivity contribution in [1.29, 1.82) is 0 Å². The Balaban J connectivity index is 1.91. The van der Waals surface area contributed by atoms with E-state index >= 15 is 0 Å². The van der Waals surface area contributed by atoms with Crippen molar-refractivity contribution in [1.82, 2.24) is 19.5 Å². The van der Waals surface area contributed by atoms with Crippen molar-refractivity contribution >= 4 is 38.3 Å². The summed E-state index contributed by atoms with van der Waals surface area (Å²) in [5, 5.41) is 5.60. The summed E-state index contributed by atoms with van der Waals surface area (Å²) in [7, 11) is 2.16. The number of likely N-dealkylation sites (N-methyl/N-ethyl adjacent to an activating group) is 1. The van der Waals surface area contributed by atoms with E-state index in [9.17, 15) is 0 Å². The van der Waals surface area contributed by atoms with Gasteiger partial charge in [-0.3, -0.25) is 0 Å². The molecule has 1 aliphatic rings. The van der Waals surface area contributed by atoms with E-state index in [1.807, 2.05) is 16.8 Å². The Morgan fingerprint density at radius 2 is 1.90 bits per heavy atom. The molecule has 0 unspecified atom stereocenters. The number of fused-ring (bicyclic) bond motifs is 3. The molecule has 21 heavy (non-hydrogen) atoms. The average Bonchev–Trinajstić information content (AvgIpc) is 2.97. The summed E-state index contributed by atoms with van der Waals surface area (Å²) < 4.78 is 3.02. The number of piperazine rings is 1. The quantitative estimate of drug-likeness (QED) is 0.678. The molecule has 1 aromatic carbocycles. The average molecular weight is 346 g/mol. The monoisotopic (exact) mass is 345 g/mol. The highest BCUT2D eigenvalue weighted by Gasteiger charge is 2.19. The van der Waals surface area contributed by atoms with Gasteiger partial charge in [0.1, 0.15) is 0 Å². The predicted molar refractivity (Wildman–Crippen MR) is 87.9 cm³/mol. The lowest BCUT2D eigenvalue weighted by atomic mass is 10.2. The number of nitrogens with zero attached hydrogens (tertiary/aromatic N) is 5. The highest BCUT2D eigenvalue weighted by Crippen LogP contribution is 2.26. The molecule has 0 atom stereocenters. The van der Waals surface area contributed by atoms with Crippen molar-refractivity contribution in [2.24, 2.45) is 0 Å². The van der Waals surface area contributed by atoms with Crippen molar-refractivity contribution in [3.8, 4) is 0 Å². The molecule has 1 aliphatic heterocycles. The van der Waals surface area contributed by atoms with Crippen LogP contribution in [0.1, 0.15) is 0 Å². The number of benzene rings is 1. The summed E-state index contributed by atoms with van der Waals surface area (Å²) >= 11 is 3.53. The van der Waals surface area contributed by atoms with E-state index in [4.69, 9.17) is 4.98 Å². The summed E-state index contributed by atoms with van der Waals surface area (Å²) in [5.41, 5.74) is 2.12. The van der Waals surface area contributed by atoms with E-state index in [1.54, 1.807) is 0 Å². The van der Waals surface area contributed by atoms with E-state index < -0.39 is 0 Å². The molecule has 0 saturated carbocycles. The topological polar surface area (TPSA) is 36.7 Å². The van der Waals surface area contributed by atoms with Crippen LogP contribution in [0.15, 0.2) is 34.9 Å². The minimum absolute atomic E-state index is 0.943. The Kier molecular flexibility index (Phi) is 3.08. The highest BCUT2D eigenvalue weighted by atomic mass is 79.9. The van der Waals surface area contributed by atoms with Gasteiger partial charge in [0.05, 0.1) is 17.2 Å². The summed E-state index contributed by atoms with van der Waals surface area (Å²) in [6.07, 6.45) is 1.84. The van der Waals surface area contributed by atoms with Crippen molar-refractivity contribution in [3.05, 3.63) is 34.9 Å². The first-order chi connectivity index (χ1) is 10.2. The SMILES string of the molecule is CN1CCN(c2nc3ccc(Br)cc3c3ccnn23)CC1. The number of hydrogen-bond acceptors (Lipinski definition) is 4. The lowest BCUT2D eigenvalue weighted by Crippen LogP contribution is -2.45. The number of halogens is 1. The maximum atomic E-state index is 4.85. The molecular weight excluding hydrogens is 330 g/mol. The maximum Gasteiger partial charge on any atom is 0.227 e. The Morgan fingerprint density at radius 1 is 1.10 bits per heavy atom. The largest absolute Gasteiger partial charge is 0.338 e. The number of hydrogen-bond donors (Lipinski definition) is 0. The molecule has 0 radical (unpaired) electrons. The minimum Gasteiger partial charge on any atom is -0.338 e. The lowest BCUT2D eigenvalue weighted by Gasteiger charge is -2.33. The van der Waals surface area contributed by atoms with E-state index in [-0.39, 0.29) is 0 Å². The van der Waals surface area contributed by atoms with Gasteiger partial charge in [-0.15, -0.1) is 0 Å². The molecule has 0 bridgehead atoms. The van der Waals surface area contributed by atoms with Crippen LogP contribution in [-0.4, -0.2) is 52.7 Å². The van der Waals surface area contributed by atoms with Gasteiger partial charge < -0.3 is 9.80 Å². The molecule has 5 nitrogen and oxygen atoms in total. The van der Waals surface area contributed by atoms with E-state index in [2.05, 4.69) is 56.1 Å². The predicted octanol–water partition coefficient (Wildman–Crippen LogP) is 2.40. The van der Waals surface area contributed by atoms with Gasteiger partial charge in [0.15, 0.2) is 0 Å². The van der Waals surface area contributed by atoms with Crippen LogP contribution in [0.25, 0.3) is 16.4 Å². The molecule has 0 N–H and O–H groups in total. The van der Waals surface area contributed by atoms with Crippen LogP contribution in [0.2, 0.25) is 0 Å². The molecule has 108 valence electrons. The smallest absolute Gasteiger partial charge is 0.227 e. The van der Waals surface area contributed by atoms with E-state index in [1.165, 1.54) is 0 Å². The first-order valence-electron chi connectivity index (χ1n) is 7.09. The van der Waals surface area contributed by atoms with Crippen LogP contribution in [0.3, 0.4) is 0 Å². The summed E-state index contributed by atoms with van der Waals surface area (Å²) in [6, 6.07) is 8.26. The first kappa shape index (κ1) is 13.0. The normalized spacial score (nSPS) is 17.0. The standard InChI is InChI=1S/C15H16BrN5/c1-19-6-8-20(9-7-19)15-18-13-3-2-11(16)10-12(13)14-4-5-17-21(14)15/h2-5,10H,6-9H2,1H3. The second kappa shape index (κ2) is 4.96. The van der Waals surface area contributed by atoms with Crippen LogP contribution >= 0.6 is 15.9 Å². The molecule has 4 rings (SSSR count). The van der Waals surface area contributed by atoms with Gasteiger partial charge >= 0.3 is 0 Å². The second-order valence-electron chi connectivity index (χ2n) is 5.49. The van der Waals surface area contributed by atoms with Crippen LogP contribution in [-0.2, 0) is 0 Å². The Hall–Kier alpha value is -1.66. The Bertz CT molecular complexity index is 804. The molecule has 6 heteroatoms. The fourth-order valence-corrected chi connectivity index (χ4v) is 3.20. The lowest BCUT2D eigenvalue weighted by molar-refractivity contribution is 0.310. The molecular formula is C15H16BrN5. The van der Waals surface area contributed by atoms with Gasteiger partial charge in [-0.1, -0.05) is 15.9 Å². The first-order valence-corrected chi connectivity index (χ1v) is 7.88. The Labute approximate surface area is 131 Å². The zero-order valence-corrected chi connectivity index (χ0v) is 13.4. The van der Waals surface area contributed by atoms with Gasteiger partial charge in [-0.05, 0) is 31.3 Å². The molecule has 0 aliphatic carbocycles. The van der Waals surface area contributed by atoms with Gasteiger partial charge in [0.25, 0.3) is 0 Å². The van der Waals surface area contributed by atoms with Crippen LogP contribution in [0.4, 0.5) is 5.95 Å². The molecule has 1 saturated heterocycles. The van der Waals surface area contributed by atoms with Crippen LogP contribution in [0, 0.1) is 0 Å². The van der Waals surface area contributed by atoms with Gasteiger partial charge in [0.2, 0.25) is 5.95 Å². The summed E-state index contributed by atoms with van der Waals surface area (Å²) in [6.45, 7) is 4.09. The number of aromatic nitrogens is 3. The van der Waals surface area contributed by atoms with Crippen LogP contribution < -0.4 is 4.90 Å². The van der Waals surface area contributed by atoms with E-state index in [0.717, 1.165) is 53.0 Å². The summed E-state index contributed by atoms with van der Waals surface area (Å²) in [5.74, 6) is 0.943. The van der Waals surface area contributed by atoms with Crippen molar-refractivity contribution < 1.29 is 0 Å². The zero-order valence-electron chi connectivity index (χ0n) is 11.8. The second-order valence-corrected chi connectivity index (χ2v) is 6.41. The molecule has 3 heterocycles. The Morgan fingerprint density at radius 3 is 2.71 bits per heavy atom. The minimum atomic E-state index is 0.943. The van der Waals surface area contributed by atoms with Gasteiger partial charge in [0, 0.05) is 36.0 Å². The molecule has 0 spiro atoms. The third-order valence-electron chi connectivity index (χ3n) is 4.07. The molecule has 3 aromatic rings. The zero-order chi connectivity index (χ0) is 14.4. The highest BCUT2D eigenvalue weighted by molar-refractivity contribution is 9.10. The molecule has 1 fully saturated rings. The third kappa shape index (κ3) is 2.18. The number of anilines is 1. The van der Waals surface area contributed by atoms with Gasteiger partial charge in [-0.2, -0.15) is 9.61 Å². The molecule has 0 amide bonds. The van der Waals surface area contributed by atoms with Crippen LogP contribution in [0.5, 0.6) is 0 Å². The number of rotatable bonds is 1. The van der Waals surface area contributed by atoms with E-state index in [0.29, 0.717) is 0 Å². The van der Waals surface area contributed by atoms with Gasteiger partial charge in [-0.25, -0.2) is 4.98 Å². The molecule has 2 aromatic heterocycles. The third-order valence-corrected chi connectivity index (χ3v) is 4.57. The van der Waals surface area contributed by atoms with Crippen molar-refractivity contribution in [2.75, 3.05) is 38.1 Å². The fourth-order valence-electron chi connectivity index (χ4n) is 2.84. The summed E-state index contributed by atoms with van der Waals surface area (Å²) in [4.78, 5) is 9.52. The van der Waals surface area contributed by atoms with Crippen molar-refractivity contribution in [3.63, 3.8) is 0 Å². The maximum absolute atomic E-state index is 4.85. The van der Waals surface area contributed by atoms with Crippen molar-refractivity contribution in [2.45, 2.75) is 0 Å². The fraction of sp³-hybridized carbons (Fsp3) is 0.333.